The number of nitrogens with zero attached hydrogens (tertiary/aromatic N) is 2. The Kier molecular flexibility index (Phi) is 5.14. The predicted octanol–water partition coefficient (Wildman–Crippen LogP) is 3.61. The molecule has 0 spiro atoms. The largest absolute Gasteiger partial charge is 0.497 e. The van der Waals surface area contributed by atoms with Gasteiger partial charge in [-0.2, -0.15) is 9.97 Å². The maximum atomic E-state index is 5.30. The van der Waals surface area contributed by atoms with Gasteiger partial charge in [-0.05, 0) is 36.2 Å². The number of rotatable bonds is 7. The SMILES string of the molecule is COc1ccc(CCNc2cc(-c3ccc4c(c3)NCN4)nc(OC)n2)cc1. The molecule has 3 N–H and O–H groups in total. The Morgan fingerprint density at radius 1 is 0.929 bits per heavy atom. The first-order valence-corrected chi connectivity index (χ1v) is 9.17. The van der Waals surface area contributed by atoms with Gasteiger partial charge >= 0.3 is 6.01 Å². The average Bonchev–Trinajstić information content (AvgIpc) is 3.22. The number of benzene rings is 2. The summed E-state index contributed by atoms with van der Waals surface area (Å²) in [7, 11) is 3.25. The van der Waals surface area contributed by atoms with E-state index in [1.807, 2.05) is 24.3 Å². The van der Waals surface area contributed by atoms with E-state index in [-0.39, 0.29) is 0 Å². The molecule has 0 atom stereocenters. The van der Waals surface area contributed by atoms with Crippen molar-refractivity contribution < 1.29 is 9.47 Å². The van der Waals surface area contributed by atoms with Crippen molar-refractivity contribution in [3.8, 4) is 23.0 Å². The Bertz CT molecular complexity index is 960. The van der Waals surface area contributed by atoms with Crippen LogP contribution in [-0.4, -0.2) is 37.4 Å². The highest BCUT2D eigenvalue weighted by molar-refractivity contribution is 5.79. The minimum Gasteiger partial charge on any atom is -0.497 e. The average molecular weight is 377 g/mol. The first kappa shape index (κ1) is 17.9. The van der Waals surface area contributed by atoms with E-state index >= 15 is 0 Å². The van der Waals surface area contributed by atoms with Gasteiger partial charge in [0.05, 0.1) is 38.0 Å². The normalized spacial score (nSPS) is 11.9. The Morgan fingerprint density at radius 2 is 1.75 bits per heavy atom. The molecule has 3 aromatic rings. The fourth-order valence-corrected chi connectivity index (χ4v) is 3.12. The highest BCUT2D eigenvalue weighted by atomic mass is 16.5. The van der Waals surface area contributed by atoms with E-state index in [4.69, 9.17) is 9.47 Å². The van der Waals surface area contributed by atoms with Crippen molar-refractivity contribution in [1.82, 2.24) is 9.97 Å². The van der Waals surface area contributed by atoms with Crippen molar-refractivity contribution in [2.45, 2.75) is 6.42 Å². The third kappa shape index (κ3) is 3.93. The molecule has 0 saturated carbocycles. The molecule has 28 heavy (non-hydrogen) atoms. The Labute approximate surface area is 164 Å². The first-order valence-electron chi connectivity index (χ1n) is 9.17. The number of hydrogen-bond donors (Lipinski definition) is 3. The zero-order valence-corrected chi connectivity index (χ0v) is 16.0. The quantitative estimate of drug-likeness (QED) is 0.580. The summed E-state index contributed by atoms with van der Waals surface area (Å²) in [6.45, 7) is 1.49. The van der Waals surface area contributed by atoms with E-state index in [1.165, 1.54) is 5.56 Å². The van der Waals surface area contributed by atoms with E-state index in [1.54, 1.807) is 14.2 Å². The number of methoxy groups -OCH3 is 2. The van der Waals surface area contributed by atoms with Crippen LogP contribution in [0.1, 0.15) is 5.56 Å². The van der Waals surface area contributed by atoms with Crippen LogP contribution in [0.2, 0.25) is 0 Å². The molecule has 7 nitrogen and oxygen atoms in total. The zero-order chi connectivity index (χ0) is 19.3. The molecule has 0 unspecified atom stereocenters. The summed E-state index contributed by atoms with van der Waals surface area (Å²) in [4.78, 5) is 8.91. The van der Waals surface area contributed by atoms with Crippen molar-refractivity contribution in [3.63, 3.8) is 0 Å². The molecular weight excluding hydrogens is 354 g/mol. The maximum Gasteiger partial charge on any atom is 0.318 e. The van der Waals surface area contributed by atoms with Gasteiger partial charge < -0.3 is 25.4 Å². The van der Waals surface area contributed by atoms with E-state index in [0.717, 1.165) is 53.8 Å². The summed E-state index contributed by atoms with van der Waals surface area (Å²) >= 11 is 0. The lowest BCUT2D eigenvalue weighted by molar-refractivity contribution is 0.381. The summed E-state index contributed by atoms with van der Waals surface area (Å²) in [6.07, 6.45) is 0.875. The van der Waals surface area contributed by atoms with Crippen molar-refractivity contribution in [1.29, 1.82) is 0 Å². The molecule has 2 aromatic carbocycles. The van der Waals surface area contributed by atoms with Crippen molar-refractivity contribution in [2.24, 2.45) is 0 Å². The Hall–Kier alpha value is -3.48. The number of ether oxygens (including phenoxy) is 2. The van der Waals surface area contributed by atoms with Crippen molar-refractivity contribution in [2.75, 3.05) is 43.4 Å². The standard InChI is InChI=1S/C21H23N5O2/c1-27-16-6-3-14(4-7-16)9-10-22-20-12-18(25-21(26-20)28-2)15-5-8-17-19(11-15)24-13-23-17/h3-8,11-12,23-24H,9-10,13H2,1-2H3,(H,22,25,26). The van der Waals surface area contributed by atoms with Gasteiger partial charge in [0.15, 0.2) is 0 Å². The molecular formula is C21H23N5O2. The fourth-order valence-electron chi connectivity index (χ4n) is 3.12. The monoisotopic (exact) mass is 377 g/mol. The lowest BCUT2D eigenvalue weighted by Gasteiger charge is -2.10. The van der Waals surface area contributed by atoms with E-state index in [9.17, 15) is 0 Å². The number of nitrogens with one attached hydrogen (secondary N) is 3. The second-order valence-electron chi connectivity index (χ2n) is 6.44. The highest BCUT2D eigenvalue weighted by Gasteiger charge is 2.12. The van der Waals surface area contributed by atoms with Gasteiger partial charge in [-0.3, -0.25) is 0 Å². The van der Waals surface area contributed by atoms with Gasteiger partial charge in [-0.15, -0.1) is 0 Å². The molecule has 7 heteroatoms. The van der Waals surface area contributed by atoms with Crippen molar-refractivity contribution >= 4 is 17.2 Å². The fraction of sp³-hybridized carbons (Fsp3) is 0.238. The highest BCUT2D eigenvalue weighted by Crippen LogP contribution is 2.32. The van der Waals surface area contributed by atoms with Crippen LogP contribution in [0.3, 0.4) is 0 Å². The van der Waals surface area contributed by atoms with Gasteiger partial charge in [0.1, 0.15) is 11.6 Å². The predicted molar refractivity (Wildman–Crippen MR) is 111 cm³/mol. The summed E-state index contributed by atoms with van der Waals surface area (Å²) in [5, 5.41) is 9.95. The zero-order valence-electron chi connectivity index (χ0n) is 16.0. The third-order valence-corrected chi connectivity index (χ3v) is 4.64. The molecule has 0 aliphatic carbocycles. The number of fused-ring (bicyclic) bond motifs is 1. The minimum atomic E-state index is 0.344. The summed E-state index contributed by atoms with van der Waals surface area (Å²) in [6, 6.07) is 16.5. The van der Waals surface area contributed by atoms with Gasteiger partial charge in [0, 0.05) is 18.2 Å². The van der Waals surface area contributed by atoms with E-state index < -0.39 is 0 Å². The molecule has 0 radical (unpaired) electrons. The number of anilines is 3. The van der Waals surface area contributed by atoms with Crippen LogP contribution >= 0.6 is 0 Å². The number of hydrogen-bond acceptors (Lipinski definition) is 7. The number of aromatic nitrogens is 2. The maximum absolute atomic E-state index is 5.30. The van der Waals surface area contributed by atoms with Gasteiger partial charge in [-0.1, -0.05) is 18.2 Å². The van der Waals surface area contributed by atoms with Gasteiger partial charge in [-0.25, -0.2) is 0 Å². The molecule has 144 valence electrons. The Morgan fingerprint density at radius 3 is 2.54 bits per heavy atom. The molecule has 2 heterocycles. The smallest absolute Gasteiger partial charge is 0.318 e. The molecule has 4 rings (SSSR count). The van der Waals surface area contributed by atoms with Gasteiger partial charge in [0.2, 0.25) is 0 Å². The second kappa shape index (κ2) is 8.04. The van der Waals surface area contributed by atoms with Crippen LogP contribution in [0.4, 0.5) is 17.2 Å². The molecule has 1 aromatic heterocycles. The minimum absolute atomic E-state index is 0.344. The first-order chi connectivity index (χ1) is 13.7. The second-order valence-corrected chi connectivity index (χ2v) is 6.44. The lowest BCUT2D eigenvalue weighted by atomic mass is 10.1. The molecule has 1 aliphatic rings. The molecule has 0 amide bonds. The van der Waals surface area contributed by atoms with Crippen LogP contribution in [0, 0.1) is 0 Å². The topological polar surface area (TPSA) is 80.3 Å². The van der Waals surface area contributed by atoms with E-state index in [2.05, 4.69) is 50.2 Å². The molecule has 0 bridgehead atoms. The van der Waals surface area contributed by atoms with Crippen LogP contribution in [0.15, 0.2) is 48.5 Å². The molecule has 0 fully saturated rings. The third-order valence-electron chi connectivity index (χ3n) is 4.64. The van der Waals surface area contributed by atoms with Crippen LogP contribution < -0.4 is 25.4 Å². The van der Waals surface area contributed by atoms with Crippen molar-refractivity contribution in [3.05, 3.63) is 54.1 Å². The van der Waals surface area contributed by atoms with E-state index in [0.29, 0.717) is 6.01 Å². The summed E-state index contributed by atoms with van der Waals surface area (Å²) in [5.41, 5.74) is 5.22. The lowest BCUT2D eigenvalue weighted by Crippen LogP contribution is -2.08. The molecule has 1 aliphatic heterocycles. The Balaban J connectivity index is 1.48. The summed E-state index contributed by atoms with van der Waals surface area (Å²) in [5.74, 6) is 1.60. The molecule has 0 saturated heterocycles. The summed E-state index contributed by atoms with van der Waals surface area (Å²) < 4.78 is 10.5. The van der Waals surface area contributed by atoms with Crippen LogP contribution in [0.5, 0.6) is 11.8 Å². The van der Waals surface area contributed by atoms with Gasteiger partial charge in [0.25, 0.3) is 0 Å². The van der Waals surface area contributed by atoms with Crippen LogP contribution in [-0.2, 0) is 6.42 Å². The van der Waals surface area contributed by atoms with Crippen LogP contribution in [0.25, 0.3) is 11.3 Å².